The smallest absolute Gasteiger partial charge is 0.394 e. The van der Waals surface area contributed by atoms with Crippen LogP contribution in [0.1, 0.15) is 12.8 Å². The quantitative estimate of drug-likeness (QED) is 0.757. The van der Waals surface area contributed by atoms with E-state index in [-0.39, 0.29) is 12.8 Å². The summed E-state index contributed by atoms with van der Waals surface area (Å²) in [6.07, 6.45) is -11.1. The van der Waals surface area contributed by atoms with Gasteiger partial charge in [0.05, 0.1) is 12.1 Å². The summed E-state index contributed by atoms with van der Waals surface area (Å²) in [5.74, 6) is -6.23. The number of rotatable bonds is 3. The highest BCUT2D eigenvalue weighted by atomic mass is 19.4. The van der Waals surface area contributed by atoms with Crippen LogP contribution in [0, 0.1) is 5.92 Å². The van der Waals surface area contributed by atoms with E-state index in [0.717, 1.165) is 0 Å². The van der Waals surface area contributed by atoms with Crippen molar-refractivity contribution >= 4 is 5.91 Å². The second-order valence-corrected chi connectivity index (χ2v) is 3.94. The molecule has 0 aromatic heterocycles. The van der Waals surface area contributed by atoms with Crippen LogP contribution in [-0.2, 0) is 4.79 Å². The van der Waals surface area contributed by atoms with Gasteiger partial charge in [-0.05, 0) is 12.8 Å². The van der Waals surface area contributed by atoms with Crippen molar-refractivity contribution in [2.75, 3.05) is 6.61 Å². The summed E-state index contributed by atoms with van der Waals surface area (Å²) in [6, 6.07) is 0. The van der Waals surface area contributed by atoms with Gasteiger partial charge in [-0.1, -0.05) is 0 Å². The minimum absolute atomic E-state index is 0.164. The summed E-state index contributed by atoms with van der Waals surface area (Å²) in [4.78, 5) is 11.0. The van der Waals surface area contributed by atoms with Gasteiger partial charge in [-0.15, -0.1) is 0 Å². The van der Waals surface area contributed by atoms with E-state index >= 15 is 0 Å². The maximum absolute atomic E-state index is 12.1. The number of carbonyl (C=O) groups is 1. The number of nitrogens with one attached hydrogen (secondary N) is 1. The number of hydrogen-bond acceptors (Lipinski definition) is 2. The lowest BCUT2D eigenvalue weighted by atomic mass is 10.1. The molecule has 1 amide bonds. The second kappa shape index (κ2) is 4.04. The maximum atomic E-state index is 12.1. The van der Waals surface area contributed by atoms with Gasteiger partial charge >= 0.3 is 12.4 Å². The first-order chi connectivity index (χ1) is 7.52. The fourth-order valence-electron chi connectivity index (χ4n) is 1.29. The molecular formula is C8H9F6NO2. The van der Waals surface area contributed by atoms with E-state index in [2.05, 4.69) is 0 Å². The van der Waals surface area contributed by atoms with Crippen LogP contribution in [0.5, 0.6) is 0 Å². The van der Waals surface area contributed by atoms with Crippen LogP contribution in [-0.4, -0.2) is 35.5 Å². The molecule has 9 heteroatoms. The molecule has 0 aromatic carbocycles. The van der Waals surface area contributed by atoms with Crippen molar-refractivity contribution < 1.29 is 36.2 Å². The Morgan fingerprint density at radius 3 is 1.82 bits per heavy atom. The van der Waals surface area contributed by atoms with E-state index < -0.39 is 36.3 Å². The van der Waals surface area contributed by atoms with Crippen molar-refractivity contribution in [3.8, 4) is 0 Å². The molecule has 17 heavy (non-hydrogen) atoms. The summed E-state index contributed by atoms with van der Waals surface area (Å²) in [6.45, 7) is -0.679. The Morgan fingerprint density at radius 2 is 1.59 bits per heavy atom. The van der Waals surface area contributed by atoms with Crippen LogP contribution in [0.25, 0.3) is 0 Å². The van der Waals surface area contributed by atoms with Crippen LogP contribution < -0.4 is 5.32 Å². The lowest BCUT2D eigenvalue weighted by Gasteiger charge is -2.24. The Labute approximate surface area is 91.8 Å². The summed E-state index contributed by atoms with van der Waals surface area (Å²) < 4.78 is 72.7. The normalized spacial score (nSPS) is 19.3. The third-order valence-corrected chi connectivity index (χ3v) is 2.46. The molecule has 0 aromatic rings. The summed E-state index contributed by atoms with van der Waals surface area (Å²) in [7, 11) is 0. The average Bonchev–Trinajstić information content (AvgIpc) is 2.79. The third-order valence-electron chi connectivity index (χ3n) is 2.46. The van der Waals surface area contributed by atoms with Crippen LogP contribution >= 0.6 is 0 Å². The molecule has 0 spiro atoms. The monoisotopic (exact) mass is 265 g/mol. The van der Waals surface area contributed by atoms with Crippen molar-refractivity contribution in [3.63, 3.8) is 0 Å². The first kappa shape index (κ1) is 14.1. The van der Waals surface area contributed by atoms with E-state index in [0.29, 0.717) is 0 Å². The van der Waals surface area contributed by atoms with E-state index in [1.165, 1.54) is 0 Å². The standard InChI is InChI=1S/C8H9F6NO2/c9-7(10,11)4(8(12,13)14)5(17)15-6(3-16)1-2-6/h4,16H,1-3H2,(H,15,17). The maximum Gasteiger partial charge on any atom is 0.409 e. The van der Waals surface area contributed by atoms with E-state index in [9.17, 15) is 31.1 Å². The lowest BCUT2D eigenvalue weighted by molar-refractivity contribution is -0.274. The SMILES string of the molecule is O=C(NC1(CO)CC1)C(C(F)(F)F)C(F)(F)F. The van der Waals surface area contributed by atoms with E-state index in [1.807, 2.05) is 0 Å². The van der Waals surface area contributed by atoms with Gasteiger partial charge in [0.15, 0.2) is 0 Å². The highest BCUT2D eigenvalue weighted by Crippen LogP contribution is 2.41. The number of carbonyl (C=O) groups excluding carboxylic acids is 1. The Hall–Kier alpha value is -0.990. The van der Waals surface area contributed by atoms with Crippen LogP contribution in [0.4, 0.5) is 26.3 Å². The lowest BCUT2D eigenvalue weighted by Crippen LogP contribution is -2.52. The molecule has 1 saturated carbocycles. The van der Waals surface area contributed by atoms with Gasteiger partial charge in [-0.2, -0.15) is 26.3 Å². The number of aliphatic hydroxyl groups is 1. The predicted molar refractivity (Wildman–Crippen MR) is 42.8 cm³/mol. The predicted octanol–water partition coefficient (Wildman–Crippen LogP) is 1.37. The molecule has 0 aliphatic heterocycles. The Balaban J connectivity index is 2.82. The van der Waals surface area contributed by atoms with Crippen LogP contribution in [0.2, 0.25) is 0 Å². The number of aliphatic hydroxyl groups excluding tert-OH is 1. The highest BCUT2D eigenvalue weighted by Gasteiger charge is 2.62. The Kier molecular flexibility index (Phi) is 3.34. The van der Waals surface area contributed by atoms with E-state index in [1.54, 1.807) is 5.32 Å². The van der Waals surface area contributed by atoms with Crippen molar-refractivity contribution in [2.24, 2.45) is 5.92 Å². The Morgan fingerprint density at radius 1 is 1.18 bits per heavy atom. The molecule has 1 aliphatic carbocycles. The molecule has 1 fully saturated rings. The fraction of sp³-hybridized carbons (Fsp3) is 0.875. The zero-order valence-electron chi connectivity index (χ0n) is 8.32. The largest absolute Gasteiger partial charge is 0.409 e. The molecule has 0 saturated heterocycles. The van der Waals surface area contributed by atoms with Gasteiger partial charge in [-0.25, -0.2) is 0 Å². The molecule has 3 nitrogen and oxygen atoms in total. The first-order valence-corrected chi connectivity index (χ1v) is 4.58. The zero-order valence-corrected chi connectivity index (χ0v) is 8.32. The van der Waals surface area contributed by atoms with Crippen LogP contribution in [0.15, 0.2) is 0 Å². The fourth-order valence-corrected chi connectivity index (χ4v) is 1.29. The molecule has 0 atom stereocenters. The summed E-state index contributed by atoms with van der Waals surface area (Å²) in [5.41, 5.74) is -1.31. The molecule has 1 aliphatic rings. The van der Waals surface area contributed by atoms with Gasteiger partial charge in [-0.3, -0.25) is 4.79 Å². The van der Waals surface area contributed by atoms with Gasteiger partial charge in [0.25, 0.3) is 0 Å². The van der Waals surface area contributed by atoms with Gasteiger partial charge in [0.2, 0.25) is 11.8 Å². The molecule has 1 rings (SSSR count). The highest BCUT2D eigenvalue weighted by molar-refractivity contribution is 5.81. The minimum Gasteiger partial charge on any atom is -0.394 e. The zero-order chi connectivity index (χ0) is 13.5. The van der Waals surface area contributed by atoms with Gasteiger partial charge in [0, 0.05) is 0 Å². The van der Waals surface area contributed by atoms with Gasteiger partial charge in [0.1, 0.15) is 0 Å². The molecule has 0 bridgehead atoms. The minimum atomic E-state index is -5.70. The molecule has 100 valence electrons. The van der Waals surface area contributed by atoms with Crippen LogP contribution in [0.3, 0.4) is 0 Å². The van der Waals surface area contributed by atoms with E-state index in [4.69, 9.17) is 5.11 Å². The summed E-state index contributed by atoms with van der Waals surface area (Å²) >= 11 is 0. The van der Waals surface area contributed by atoms with Crippen molar-refractivity contribution in [1.82, 2.24) is 5.32 Å². The third kappa shape index (κ3) is 3.24. The number of amides is 1. The molecule has 0 unspecified atom stereocenters. The van der Waals surface area contributed by atoms with Gasteiger partial charge < -0.3 is 10.4 Å². The molecule has 0 radical (unpaired) electrons. The molecular weight excluding hydrogens is 256 g/mol. The van der Waals surface area contributed by atoms with Crippen molar-refractivity contribution in [2.45, 2.75) is 30.7 Å². The van der Waals surface area contributed by atoms with Crippen molar-refractivity contribution in [3.05, 3.63) is 0 Å². The molecule has 0 heterocycles. The number of hydrogen-bond donors (Lipinski definition) is 2. The van der Waals surface area contributed by atoms with Crippen molar-refractivity contribution in [1.29, 1.82) is 0 Å². The topological polar surface area (TPSA) is 49.3 Å². The second-order valence-electron chi connectivity index (χ2n) is 3.94. The molecule has 2 N–H and O–H groups in total. The number of alkyl halides is 6. The average molecular weight is 265 g/mol. The first-order valence-electron chi connectivity index (χ1n) is 4.58. The summed E-state index contributed by atoms with van der Waals surface area (Å²) in [5, 5.41) is 10.3. The number of halogens is 6. The Bertz CT molecular complexity index is 292.